The molecule has 0 aromatic carbocycles. The average Bonchev–Trinajstić information content (AvgIpc) is 2.86. The van der Waals surface area contributed by atoms with E-state index in [4.69, 9.17) is 13.7 Å². The molecule has 1 aliphatic heterocycles. The van der Waals surface area contributed by atoms with E-state index >= 15 is 0 Å². The summed E-state index contributed by atoms with van der Waals surface area (Å²) in [6.07, 6.45) is 0.298. The zero-order valence-corrected chi connectivity index (χ0v) is 14.6. The Kier molecular flexibility index (Phi) is 6.91. The maximum absolute atomic E-state index is 12.1. The minimum Gasteiger partial charge on any atom is -0.445 e. The number of amides is 1. The van der Waals surface area contributed by atoms with Gasteiger partial charge < -0.3 is 9.47 Å². The van der Waals surface area contributed by atoms with E-state index in [1.165, 1.54) is 6.08 Å². The van der Waals surface area contributed by atoms with Gasteiger partial charge in [0.2, 0.25) is 0 Å². The average molecular weight is 363 g/mol. The summed E-state index contributed by atoms with van der Waals surface area (Å²) in [5.41, 5.74) is 0. The van der Waals surface area contributed by atoms with Crippen molar-refractivity contribution in [2.24, 2.45) is 5.92 Å². The minimum atomic E-state index is -3.77. The van der Waals surface area contributed by atoms with Crippen molar-refractivity contribution in [3.05, 3.63) is 12.7 Å². The second-order valence-corrected chi connectivity index (χ2v) is 7.19. The number of likely N-dealkylation sites (tertiary alicyclic amines) is 1. The molecule has 0 spiro atoms. The van der Waals surface area contributed by atoms with Gasteiger partial charge in [-0.05, 0) is 0 Å². The fourth-order valence-electron chi connectivity index (χ4n) is 2.04. The number of esters is 2. The first-order chi connectivity index (χ1) is 11.0. The van der Waals surface area contributed by atoms with Gasteiger partial charge in [-0.2, -0.15) is 8.42 Å². The fourth-order valence-corrected chi connectivity index (χ4v) is 2.67. The van der Waals surface area contributed by atoms with Crippen molar-refractivity contribution < 1.29 is 36.5 Å². The van der Waals surface area contributed by atoms with Crippen LogP contribution in [0.5, 0.6) is 0 Å². The first kappa shape index (κ1) is 20.1. The van der Waals surface area contributed by atoms with Crippen LogP contribution in [0.25, 0.3) is 0 Å². The van der Waals surface area contributed by atoms with Gasteiger partial charge in [0, 0.05) is 6.42 Å². The largest absolute Gasteiger partial charge is 0.445 e. The summed E-state index contributed by atoms with van der Waals surface area (Å²) in [4.78, 5) is 36.7. The Balaban J connectivity index is 2.89. The van der Waals surface area contributed by atoms with Gasteiger partial charge in [0.05, 0.1) is 24.8 Å². The van der Waals surface area contributed by atoms with Crippen LogP contribution in [0.3, 0.4) is 0 Å². The number of hydrogen-bond acceptors (Lipinski definition) is 8. The van der Waals surface area contributed by atoms with Crippen molar-refractivity contribution in [1.82, 2.24) is 4.90 Å². The molecule has 0 aromatic heterocycles. The fraction of sp³-hybridized carbons (Fsp3) is 0.643. The van der Waals surface area contributed by atoms with Gasteiger partial charge in [-0.1, -0.05) is 26.5 Å². The van der Waals surface area contributed by atoms with Crippen LogP contribution in [0.2, 0.25) is 0 Å². The Bertz CT molecular complexity index is 612. The predicted molar refractivity (Wildman–Crippen MR) is 82.3 cm³/mol. The van der Waals surface area contributed by atoms with E-state index in [0.717, 1.165) is 11.2 Å². The molecule has 2 atom stereocenters. The number of carbonyl (C=O) groups is 3. The van der Waals surface area contributed by atoms with Gasteiger partial charge in [0.25, 0.3) is 10.1 Å². The van der Waals surface area contributed by atoms with Crippen LogP contribution in [-0.4, -0.2) is 62.9 Å². The molecule has 1 fully saturated rings. The number of carbonyl (C=O) groups excluding carboxylic acids is 3. The van der Waals surface area contributed by atoms with Gasteiger partial charge in [-0.15, -0.1) is 0 Å². The van der Waals surface area contributed by atoms with Gasteiger partial charge in [0.1, 0.15) is 12.6 Å². The van der Waals surface area contributed by atoms with E-state index in [-0.39, 0.29) is 19.6 Å². The van der Waals surface area contributed by atoms with Gasteiger partial charge in [-0.25, -0.2) is 9.59 Å². The minimum absolute atomic E-state index is 0.0837. The van der Waals surface area contributed by atoms with Crippen LogP contribution >= 0.6 is 0 Å². The number of nitrogens with zero attached hydrogens (tertiary/aromatic N) is 1. The molecule has 0 radical (unpaired) electrons. The smallest absolute Gasteiger partial charge is 0.410 e. The molecule has 0 N–H and O–H groups in total. The molecule has 1 saturated heterocycles. The van der Waals surface area contributed by atoms with Crippen molar-refractivity contribution in [3.8, 4) is 0 Å². The third-order valence-electron chi connectivity index (χ3n) is 3.08. The third-order valence-corrected chi connectivity index (χ3v) is 3.70. The lowest BCUT2D eigenvalue weighted by molar-refractivity contribution is -0.164. The van der Waals surface area contributed by atoms with Crippen molar-refractivity contribution in [3.63, 3.8) is 0 Å². The van der Waals surface area contributed by atoms with Crippen molar-refractivity contribution >= 4 is 28.1 Å². The Morgan fingerprint density at radius 1 is 1.33 bits per heavy atom. The Labute approximate surface area is 140 Å². The lowest BCUT2D eigenvalue weighted by Crippen LogP contribution is -2.42. The molecular formula is C14H21NO8S. The monoisotopic (exact) mass is 363 g/mol. The zero-order chi connectivity index (χ0) is 18.5. The highest BCUT2D eigenvalue weighted by molar-refractivity contribution is 7.86. The summed E-state index contributed by atoms with van der Waals surface area (Å²) in [5, 5.41) is 0. The molecule has 0 aliphatic carbocycles. The Hall–Kier alpha value is -1.94. The normalized spacial score (nSPS) is 20.8. The third kappa shape index (κ3) is 5.93. The molecule has 1 heterocycles. The molecule has 24 heavy (non-hydrogen) atoms. The van der Waals surface area contributed by atoms with E-state index in [2.05, 4.69) is 6.58 Å². The molecule has 9 nitrogen and oxygen atoms in total. The number of ether oxygens (including phenoxy) is 2. The molecule has 0 bridgehead atoms. The standard InChI is InChI=1S/C14H21NO8S/c1-5-6-21-14(18)15-8-10(23-24(4,19)20)7-11(15)13(17)22-12(16)9(2)3/h5,9-11H,1,6-8H2,2-4H3/t10-,11+/m1/s1. The first-order valence-electron chi connectivity index (χ1n) is 7.23. The number of rotatable bonds is 6. The maximum Gasteiger partial charge on any atom is 0.410 e. The van der Waals surface area contributed by atoms with Crippen molar-refractivity contribution in [2.75, 3.05) is 19.4 Å². The van der Waals surface area contributed by atoms with Crippen LogP contribution < -0.4 is 0 Å². The summed E-state index contributed by atoms with van der Waals surface area (Å²) in [6, 6.07) is -1.17. The zero-order valence-electron chi connectivity index (χ0n) is 13.8. The molecule has 1 amide bonds. The summed E-state index contributed by atoms with van der Waals surface area (Å²) < 4.78 is 36.9. The van der Waals surface area contributed by atoms with Gasteiger partial charge in [-0.3, -0.25) is 13.9 Å². The molecule has 0 aromatic rings. The predicted octanol–water partition coefficient (Wildman–Crippen LogP) is 0.454. The first-order valence-corrected chi connectivity index (χ1v) is 9.05. The van der Waals surface area contributed by atoms with Crippen molar-refractivity contribution in [1.29, 1.82) is 0 Å². The topological polar surface area (TPSA) is 116 Å². The SMILES string of the molecule is C=CCOC(=O)N1C[C@H](OS(C)(=O)=O)C[C@H]1C(=O)OC(=O)C(C)C. The summed E-state index contributed by atoms with van der Waals surface area (Å²) in [7, 11) is -3.77. The summed E-state index contributed by atoms with van der Waals surface area (Å²) >= 11 is 0. The number of hydrogen-bond donors (Lipinski definition) is 0. The van der Waals surface area contributed by atoms with Crippen LogP contribution in [0.4, 0.5) is 4.79 Å². The van der Waals surface area contributed by atoms with E-state index < -0.39 is 46.2 Å². The molecule has 0 saturated carbocycles. The van der Waals surface area contributed by atoms with Crippen LogP contribution in [0, 0.1) is 5.92 Å². The second kappa shape index (κ2) is 8.25. The Morgan fingerprint density at radius 3 is 2.46 bits per heavy atom. The maximum atomic E-state index is 12.1. The van der Waals surface area contributed by atoms with Crippen LogP contribution in [0.1, 0.15) is 20.3 Å². The van der Waals surface area contributed by atoms with Crippen LogP contribution in [-0.2, 0) is 33.4 Å². The summed E-state index contributed by atoms with van der Waals surface area (Å²) in [5.74, 6) is -2.23. The van der Waals surface area contributed by atoms with E-state index in [1.54, 1.807) is 13.8 Å². The van der Waals surface area contributed by atoms with Crippen molar-refractivity contribution in [2.45, 2.75) is 32.4 Å². The van der Waals surface area contributed by atoms with E-state index in [9.17, 15) is 22.8 Å². The highest BCUT2D eigenvalue weighted by Crippen LogP contribution is 2.24. The molecule has 1 aliphatic rings. The summed E-state index contributed by atoms with van der Waals surface area (Å²) in [6.45, 7) is 6.24. The van der Waals surface area contributed by atoms with Gasteiger partial charge >= 0.3 is 18.0 Å². The highest BCUT2D eigenvalue weighted by atomic mass is 32.2. The molecule has 10 heteroatoms. The molecule has 1 rings (SSSR count). The lowest BCUT2D eigenvalue weighted by atomic mass is 10.2. The molecule has 0 unspecified atom stereocenters. The molecular weight excluding hydrogens is 342 g/mol. The van der Waals surface area contributed by atoms with E-state index in [1.807, 2.05) is 0 Å². The quantitative estimate of drug-likeness (QED) is 0.289. The van der Waals surface area contributed by atoms with Crippen LogP contribution in [0.15, 0.2) is 12.7 Å². The Morgan fingerprint density at radius 2 is 1.96 bits per heavy atom. The van der Waals surface area contributed by atoms with E-state index in [0.29, 0.717) is 0 Å². The molecule has 136 valence electrons. The van der Waals surface area contributed by atoms with Gasteiger partial charge in [0.15, 0.2) is 0 Å². The lowest BCUT2D eigenvalue weighted by Gasteiger charge is -2.21. The second-order valence-electron chi connectivity index (χ2n) is 5.59. The highest BCUT2D eigenvalue weighted by Gasteiger charge is 2.44.